The highest BCUT2D eigenvalue weighted by molar-refractivity contribution is 5.28. The highest BCUT2D eigenvalue weighted by atomic mass is 16.5. The van der Waals surface area contributed by atoms with Gasteiger partial charge in [0.1, 0.15) is 0 Å². The van der Waals surface area contributed by atoms with Crippen molar-refractivity contribution < 1.29 is 14.0 Å². The van der Waals surface area contributed by atoms with Gasteiger partial charge in [-0.1, -0.05) is 16.4 Å². The molecule has 3 aromatic heterocycles. The van der Waals surface area contributed by atoms with E-state index in [9.17, 15) is 0 Å². The maximum Gasteiger partial charge on any atom is 0.230 e. The van der Waals surface area contributed by atoms with Gasteiger partial charge in [-0.15, -0.1) is 5.10 Å². The lowest BCUT2D eigenvalue weighted by Crippen LogP contribution is -2.24. The Kier molecular flexibility index (Phi) is 4.97. The molecule has 0 saturated carbocycles. The predicted molar refractivity (Wildman–Crippen MR) is 102 cm³/mol. The van der Waals surface area contributed by atoms with Crippen LogP contribution in [-0.2, 0) is 24.0 Å². The van der Waals surface area contributed by atoms with Gasteiger partial charge in [-0.3, -0.25) is 0 Å². The molecule has 0 N–H and O–H groups in total. The Hall–Kier alpha value is -2.81. The van der Waals surface area contributed by atoms with Crippen LogP contribution in [0.3, 0.4) is 0 Å². The number of hydrogen-bond acceptors (Lipinski definition) is 8. The molecule has 152 valence electrons. The summed E-state index contributed by atoms with van der Waals surface area (Å²) < 4.78 is 18.6. The van der Waals surface area contributed by atoms with Crippen LogP contribution in [0.2, 0.25) is 0 Å². The van der Waals surface area contributed by atoms with E-state index in [2.05, 4.69) is 30.1 Å². The topological polar surface area (TPSA) is 101 Å². The van der Waals surface area contributed by atoms with E-state index in [1.165, 1.54) is 5.69 Å². The number of fused-ring (bicyclic) bond motifs is 1. The Morgan fingerprint density at radius 1 is 1.24 bits per heavy atom. The number of nitrogens with zero attached hydrogens (tertiary/aromatic N) is 6. The van der Waals surface area contributed by atoms with Crippen molar-refractivity contribution in [2.24, 2.45) is 0 Å². The molecule has 9 heteroatoms. The van der Waals surface area contributed by atoms with Crippen molar-refractivity contribution in [1.82, 2.24) is 30.1 Å². The highest BCUT2D eigenvalue weighted by Crippen LogP contribution is 2.33. The van der Waals surface area contributed by atoms with Gasteiger partial charge in [0.25, 0.3) is 0 Å². The molecular formula is C20H24N6O3. The summed E-state index contributed by atoms with van der Waals surface area (Å²) in [7, 11) is 1.61. The van der Waals surface area contributed by atoms with Crippen molar-refractivity contribution in [2.45, 2.75) is 50.5 Å². The average molecular weight is 396 g/mol. The maximum absolute atomic E-state index is 5.63. The summed E-state index contributed by atoms with van der Waals surface area (Å²) in [4.78, 5) is 8.90. The van der Waals surface area contributed by atoms with Gasteiger partial charge in [-0.2, -0.15) is 4.98 Å². The average Bonchev–Trinajstić information content (AvgIpc) is 3.41. The molecular weight excluding hydrogens is 372 g/mol. The zero-order valence-corrected chi connectivity index (χ0v) is 16.5. The fourth-order valence-corrected chi connectivity index (χ4v) is 4.25. The summed E-state index contributed by atoms with van der Waals surface area (Å²) in [5, 5.41) is 13.1. The van der Waals surface area contributed by atoms with Gasteiger partial charge in [0, 0.05) is 43.7 Å². The lowest BCUT2D eigenvalue weighted by atomic mass is 9.89. The number of methoxy groups -OCH3 is 1. The molecule has 0 radical (unpaired) electrons. The second kappa shape index (κ2) is 7.90. The molecule has 9 nitrogen and oxygen atoms in total. The molecule has 0 bridgehead atoms. The molecule has 1 aliphatic heterocycles. The van der Waals surface area contributed by atoms with Crippen molar-refractivity contribution >= 4 is 0 Å². The van der Waals surface area contributed by atoms with E-state index in [0.29, 0.717) is 30.1 Å². The summed E-state index contributed by atoms with van der Waals surface area (Å²) in [6.07, 6.45) is 6.86. The van der Waals surface area contributed by atoms with Gasteiger partial charge >= 0.3 is 0 Å². The Morgan fingerprint density at radius 2 is 2.14 bits per heavy atom. The zero-order valence-electron chi connectivity index (χ0n) is 16.5. The minimum absolute atomic E-state index is 0.191. The van der Waals surface area contributed by atoms with Crippen molar-refractivity contribution in [3.05, 3.63) is 47.0 Å². The normalized spacial score (nSPS) is 19.8. The van der Waals surface area contributed by atoms with Crippen LogP contribution in [-0.4, -0.2) is 50.4 Å². The van der Waals surface area contributed by atoms with Crippen molar-refractivity contribution in [3.8, 4) is 5.88 Å². The third-order valence-electron chi connectivity index (χ3n) is 5.80. The molecule has 4 heterocycles. The first-order chi connectivity index (χ1) is 14.3. The van der Waals surface area contributed by atoms with Gasteiger partial charge in [0.2, 0.25) is 11.8 Å². The first kappa shape index (κ1) is 18.2. The van der Waals surface area contributed by atoms with Crippen molar-refractivity contribution in [3.63, 3.8) is 0 Å². The Balaban J connectivity index is 1.33. The zero-order chi connectivity index (χ0) is 19.6. The van der Waals surface area contributed by atoms with E-state index in [1.54, 1.807) is 13.3 Å². The standard InChI is InChI=1S/C20H24N6O3/c1-27-19-13(3-2-8-21-19)12-18-22-20(29-24-18)14-4-5-16-17(11-14)26(25-23-16)15-6-9-28-10-7-15/h2-3,8,14-15H,4-7,9-12H2,1H3. The van der Waals surface area contributed by atoms with Crippen molar-refractivity contribution in [1.29, 1.82) is 0 Å². The van der Waals surface area contributed by atoms with Crippen LogP contribution < -0.4 is 4.74 Å². The predicted octanol–water partition coefficient (Wildman–Crippen LogP) is 2.28. The minimum atomic E-state index is 0.191. The quantitative estimate of drug-likeness (QED) is 0.647. The molecule has 0 spiro atoms. The van der Waals surface area contributed by atoms with Crippen LogP contribution in [0.5, 0.6) is 5.88 Å². The van der Waals surface area contributed by atoms with Crippen LogP contribution in [0.4, 0.5) is 0 Å². The molecule has 0 amide bonds. The molecule has 1 atom stereocenters. The van der Waals surface area contributed by atoms with Crippen LogP contribution in [0.15, 0.2) is 22.9 Å². The number of aryl methyl sites for hydroxylation is 1. The Morgan fingerprint density at radius 3 is 3.00 bits per heavy atom. The highest BCUT2D eigenvalue weighted by Gasteiger charge is 2.31. The number of ether oxygens (including phenoxy) is 2. The molecule has 1 saturated heterocycles. The summed E-state index contributed by atoms with van der Waals surface area (Å²) in [5.74, 6) is 2.12. The van der Waals surface area contributed by atoms with Crippen LogP contribution in [0.25, 0.3) is 0 Å². The number of pyridine rings is 1. The van der Waals surface area contributed by atoms with Crippen LogP contribution in [0.1, 0.15) is 59.9 Å². The van der Waals surface area contributed by atoms with Gasteiger partial charge in [-0.05, 0) is 31.7 Å². The lowest BCUT2D eigenvalue weighted by Gasteiger charge is -2.26. The second-order valence-corrected chi connectivity index (χ2v) is 7.61. The van der Waals surface area contributed by atoms with E-state index in [0.717, 1.165) is 56.6 Å². The lowest BCUT2D eigenvalue weighted by molar-refractivity contribution is 0.0647. The summed E-state index contributed by atoms with van der Waals surface area (Å²) in [6, 6.07) is 4.22. The van der Waals surface area contributed by atoms with Gasteiger partial charge in [0.15, 0.2) is 5.82 Å². The minimum Gasteiger partial charge on any atom is -0.481 e. The van der Waals surface area contributed by atoms with E-state index in [-0.39, 0.29) is 5.92 Å². The third-order valence-corrected chi connectivity index (χ3v) is 5.80. The number of rotatable bonds is 5. The van der Waals surface area contributed by atoms with E-state index >= 15 is 0 Å². The largest absolute Gasteiger partial charge is 0.481 e. The molecule has 5 rings (SSSR count). The molecule has 3 aromatic rings. The summed E-state index contributed by atoms with van der Waals surface area (Å²) in [5.41, 5.74) is 3.25. The maximum atomic E-state index is 5.63. The Bertz CT molecular complexity index is 978. The Labute approximate surface area is 168 Å². The van der Waals surface area contributed by atoms with Crippen LogP contribution in [0, 0.1) is 0 Å². The monoisotopic (exact) mass is 396 g/mol. The first-order valence-corrected chi connectivity index (χ1v) is 10.1. The van der Waals surface area contributed by atoms with E-state index in [4.69, 9.17) is 14.0 Å². The summed E-state index contributed by atoms with van der Waals surface area (Å²) in [6.45, 7) is 1.57. The first-order valence-electron chi connectivity index (χ1n) is 10.1. The fourth-order valence-electron chi connectivity index (χ4n) is 4.25. The molecule has 29 heavy (non-hydrogen) atoms. The number of hydrogen-bond donors (Lipinski definition) is 0. The summed E-state index contributed by atoms with van der Waals surface area (Å²) >= 11 is 0. The molecule has 1 fully saturated rings. The fraction of sp³-hybridized carbons (Fsp3) is 0.550. The van der Waals surface area contributed by atoms with Crippen LogP contribution >= 0.6 is 0 Å². The van der Waals surface area contributed by atoms with Gasteiger partial charge < -0.3 is 14.0 Å². The second-order valence-electron chi connectivity index (χ2n) is 7.61. The molecule has 1 unspecified atom stereocenters. The van der Waals surface area contributed by atoms with Crippen molar-refractivity contribution in [2.75, 3.05) is 20.3 Å². The van der Waals surface area contributed by atoms with Gasteiger partial charge in [0.05, 0.1) is 24.5 Å². The molecule has 1 aliphatic carbocycles. The SMILES string of the molecule is COc1ncccc1Cc1noc(C2CCc3nnn(C4CCOCC4)c3C2)n1. The van der Waals surface area contributed by atoms with E-state index < -0.39 is 0 Å². The van der Waals surface area contributed by atoms with Gasteiger partial charge in [-0.25, -0.2) is 9.67 Å². The van der Waals surface area contributed by atoms with E-state index in [1.807, 2.05) is 12.1 Å². The third kappa shape index (κ3) is 3.62. The molecule has 0 aromatic carbocycles. The number of aromatic nitrogens is 6. The smallest absolute Gasteiger partial charge is 0.230 e. The molecule has 2 aliphatic rings.